The third-order valence-electron chi connectivity index (χ3n) is 3.18. The molecule has 0 saturated heterocycles. The fraction of sp³-hybridized carbons (Fsp3) is 0.615. The summed E-state index contributed by atoms with van der Waals surface area (Å²) in [5.74, 6) is 0. The second-order valence-electron chi connectivity index (χ2n) is 4.61. The van der Waals surface area contributed by atoms with E-state index in [1.807, 2.05) is 12.3 Å². The first-order valence-corrected chi connectivity index (χ1v) is 6.16. The third kappa shape index (κ3) is 3.03. The van der Waals surface area contributed by atoms with E-state index in [1.54, 1.807) is 0 Å². The Morgan fingerprint density at radius 2 is 2.31 bits per heavy atom. The lowest BCUT2D eigenvalue weighted by Gasteiger charge is -2.21. The highest BCUT2D eigenvalue weighted by Gasteiger charge is 2.28. The summed E-state index contributed by atoms with van der Waals surface area (Å²) in [5, 5.41) is 0. The van der Waals surface area contributed by atoms with E-state index in [4.69, 9.17) is 5.73 Å². The minimum absolute atomic E-state index is 0.782. The summed E-state index contributed by atoms with van der Waals surface area (Å²) in [7, 11) is 0. The number of hydrogen-bond donors (Lipinski definition) is 1. The minimum Gasteiger partial charge on any atom is -0.330 e. The Hall–Kier alpha value is -0.930. The van der Waals surface area contributed by atoms with Crippen LogP contribution in [0.4, 0.5) is 0 Å². The molecule has 3 heteroatoms. The molecule has 1 aliphatic rings. The average Bonchev–Trinajstić information content (AvgIpc) is 3.10. The predicted molar refractivity (Wildman–Crippen MR) is 66.1 cm³/mol. The Bertz CT molecular complexity index is 334. The second kappa shape index (κ2) is 5.41. The second-order valence-corrected chi connectivity index (χ2v) is 4.61. The van der Waals surface area contributed by atoms with Crippen LogP contribution in [0.15, 0.2) is 18.3 Å². The van der Waals surface area contributed by atoms with Crippen LogP contribution in [-0.4, -0.2) is 29.0 Å². The molecular formula is C13H21N3. The lowest BCUT2D eigenvalue weighted by atomic mass is 10.2. The van der Waals surface area contributed by atoms with Gasteiger partial charge in [-0.05, 0) is 44.4 Å². The van der Waals surface area contributed by atoms with Crippen molar-refractivity contribution in [3.63, 3.8) is 0 Å². The molecule has 0 aromatic carbocycles. The van der Waals surface area contributed by atoms with Crippen molar-refractivity contribution in [3.8, 4) is 0 Å². The maximum absolute atomic E-state index is 5.58. The van der Waals surface area contributed by atoms with E-state index in [2.05, 4.69) is 22.9 Å². The molecule has 0 unspecified atom stereocenters. The van der Waals surface area contributed by atoms with Crippen LogP contribution >= 0.6 is 0 Å². The quantitative estimate of drug-likeness (QED) is 0.792. The van der Waals surface area contributed by atoms with Crippen LogP contribution in [0.25, 0.3) is 0 Å². The Labute approximate surface area is 97.7 Å². The molecule has 1 saturated carbocycles. The predicted octanol–water partition coefficient (Wildman–Crippen LogP) is 1.70. The van der Waals surface area contributed by atoms with Crippen molar-refractivity contribution in [2.45, 2.75) is 38.8 Å². The van der Waals surface area contributed by atoms with Gasteiger partial charge in [0, 0.05) is 25.3 Å². The van der Waals surface area contributed by atoms with Gasteiger partial charge in [0.1, 0.15) is 0 Å². The van der Waals surface area contributed by atoms with Gasteiger partial charge < -0.3 is 5.73 Å². The van der Waals surface area contributed by atoms with Gasteiger partial charge in [0.05, 0.1) is 5.69 Å². The largest absolute Gasteiger partial charge is 0.330 e. The SMILES string of the molecule is Cc1cccnc1CN(CCCN)C1CC1. The summed E-state index contributed by atoms with van der Waals surface area (Å²) < 4.78 is 0. The van der Waals surface area contributed by atoms with Crippen molar-refractivity contribution in [1.82, 2.24) is 9.88 Å². The molecule has 0 aliphatic heterocycles. The van der Waals surface area contributed by atoms with E-state index in [0.29, 0.717) is 0 Å². The van der Waals surface area contributed by atoms with Crippen molar-refractivity contribution in [2.24, 2.45) is 5.73 Å². The van der Waals surface area contributed by atoms with E-state index >= 15 is 0 Å². The average molecular weight is 219 g/mol. The summed E-state index contributed by atoms with van der Waals surface area (Å²) in [6.45, 7) is 5.01. The van der Waals surface area contributed by atoms with Gasteiger partial charge in [-0.1, -0.05) is 6.07 Å². The van der Waals surface area contributed by atoms with Gasteiger partial charge in [-0.25, -0.2) is 0 Å². The molecule has 1 fully saturated rings. The van der Waals surface area contributed by atoms with Gasteiger partial charge in [-0.15, -0.1) is 0 Å². The van der Waals surface area contributed by atoms with Gasteiger partial charge in [0.2, 0.25) is 0 Å². The zero-order valence-corrected chi connectivity index (χ0v) is 10.0. The van der Waals surface area contributed by atoms with Crippen LogP contribution in [0, 0.1) is 6.92 Å². The Morgan fingerprint density at radius 1 is 1.50 bits per heavy atom. The Balaban J connectivity index is 1.97. The first-order chi connectivity index (χ1) is 7.81. The van der Waals surface area contributed by atoms with Crippen LogP contribution in [0.2, 0.25) is 0 Å². The Morgan fingerprint density at radius 3 is 2.94 bits per heavy atom. The summed E-state index contributed by atoms with van der Waals surface area (Å²) in [5.41, 5.74) is 8.09. The number of nitrogens with two attached hydrogens (primary N) is 1. The molecule has 88 valence electrons. The Kier molecular flexibility index (Phi) is 3.91. The standard InChI is InChI=1S/C13H21N3/c1-11-4-2-8-15-13(11)10-16(9-3-7-14)12-5-6-12/h2,4,8,12H,3,5-7,9-10,14H2,1H3. The minimum atomic E-state index is 0.782. The number of pyridine rings is 1. The van der Waals surface area contributed by atoms with E-state index in [1.165, 1.54) is 24.1 Å². The molecule has 1 aromatic rings. The number of rotatable bonds is 6. The number of hydrogen-bond acceptors (Lipinski definition) is 3. The molecule has 0 spiro atoms. The lowest BCUT2D eigenvalue weighted by molar-refractivity contribution is 0.249. The maximum Gasteiger partial charge on any atom is 0.0573 e. The molecule has 1 heterocycles. The molecule has 2 rings (SSSR count). The highest BCUT2D eigenvalue weighted by molar-refractivity contribution is 5.17. The molecule has 16 heavy (non-hydrogen) atoms. The van der Waals surface area contributed by atoms with Gasteiger partial charge in [-0.2, -0.15) is 0 Å². The van der Waals surface area contributed by atoms with Crippen LogP contribution in [-0.2, 0) is 6.54 Å². The zero-order chi connectivity index (χ0) is 11.4. The number of aryl methyl sites for hydroxylation is 1. The van der Waals surface area contributed by atoms with Crippen LogP contribution in [0.5, 0.6) is 0 Å². The zero-order valence-electron chi connectivity index (χ0n) is 10.0. The van der Waals surface area contributed by atoms with E-state index in [0.717, 1.165) is 32.1 Å². The van der Waals surface area contributed by atoms with Crippen molar-refractivity contribution in [2.75, 3.05) is 13.1 Å². The van der Waals surface area contributed by atoms with Gasteiger partial charge in [0.15, 0.2) is 0 Å². The molecule has 1 aromatic heterocycles. The number of nitrogens with zero attached hydrogens (tertiary/aromatic N) is 2. The first-order valence-electron chi connectivity index (χ1n) is 6.16. The topological polar surface area (TPSA) is 42.2 Å². The highest BCUT2D eigenvalue weighted by Crippen LogP contribution is 2.28. The molecule has 0 atom stereocenters. The van der Waals surface area contributed by atoms with Crippen LogP contribution in [0.3, 0.4) is 0 Å². The summed E-state index contributed by atoms with van der Waals surface area (Å²) in [6, 6.07) is 4.92. The molecule has 3 nitrogen and oxygen atoms in total. The number of aromatic nitrogens is 1. The van der Waals surface area contributed by atoms with Crippen LogP contribution in [0.1, 0.15) is 30.5 Å². The van der Waals surface area contributed by atoms with Crippen LogP contribution < -0.4 is 5.73 Å². The van der Waals surface area contributed by atoms with Crippen molar-refractivity contribution in [1.29, 1.82) is 0 Å². The van der Waals surface area contributed by atoms with E-state index in [-0.39, 0.29) is 0 Å². The fourth-order valence-corrected chi connectivity index (χ4v) is 2.00. The lowest BCUT2D eigenvalue weighted by Crippen LogP contribution is -2.28. The smallest absolute Gasteiger partial charge is 0.0573 e. The first kappa shape index (κ1) is 11.6. The molecule has 0 amide bonds. The highest BCUT2D eigenvalue weighted by atomic mass is 15.2. The molecule has 2 N–H and O–H groups in total. The normalized spacial score (nSPS) is 15.7. The summed E-state index contributed by atoms with van der Waals surface area (Å²) in [6.07, 6.45) is 5.66. The van der Waals surface area contributed by atoms with E-state index in [9.17, 15) is 0 Å². The summed E-state index contributed by atoms with van der Waals surface area (Å²) >= 11 is 0. The van der Waals surface area contributed by atoms with Crippen molar-refractivity contribution < 1.29 is 0 Å². The van der Waals surface area contributed by atoms with Gasteiger partial charge >= 0.3 is 0 Å². The molecule has 1 aliphatic carbocycles. The van der Waals surface area contributed by atoms with Gasteiger partial charge in [0.25, 0.3) is 0 Å². The molecule has 0 bridgehead atoms. The summed E-state index contributed by atoms with van der Waals surface area (Å²) in [4.78, 5) is 6.99. The third-order valence-corrected chi connectivity index (χ3v) is 3.18. The van der Waals surface area contributed by atoms with Crippen molar-refractivity contribution in [3.05, 3.63) is 29.6 Å². The molecule has 0 radical (unpaired) electrons. The van der Waals surface area contributed by atoms with E-state index < -0.39 is 0 Å². The monoisotopic (exact) mass is 219 g/mol. The maximum atomic E-state index is 5.58. The van der Waals surface area contributed by atoms with Gasteiger partial charge in [-0.3, -0.25) is 9.88 Å². The fourth-order valence-electron chi connectivity index (χ4n) is 2.00. The van der Waals surface area contributed by atoms with Crippen molar-refractivity contribution >= 4 is 0 Å². The molecular weight excluding hydrogens is 198 g/mol.